The highest BCUT2D eigenvalue weighted by atomic mass is 32.2. The Hall–Kier alpha value is -3.14. The molecule has 7 nitrogen and oxygen atoms in total. The molecule has 0 bridgehead atoms. The lowest BCUT2D eigenvalue weighted by Crippen LogP contribution is -2.40. The average molecular weight is 537 g/mol. The summed E-state index contributed by atoms with van der Waals surface area (Å²) >= 11 is 1.96. The zero-order valence-corrected chi connectivity index (χ0v) is 22.1. The molecule has 3 aromatic rings. The minimum Gasteiger partial charge on any atom is -0.508 e. The summed E-state index contributed by atoms with van der Waals surface area (Å²) in [5.74, 6) is 1.95. The maximum Gasteiger partial charge on any atom is 0.257 e. The summed E-state index contributed by atoms with van der Waals surface area (Å²) in [6.45, 7) is 2.76. The molecule has 2 heterocycles. The molecule has 38 heavy (non-hydrogen) atoms. The highest BCUT2D eigenvalue weighted by Gasteiger charge is 2.23. The Balaban J connectivity index is 1.37. The quantitative estimate of drug-likeness (QED) is 0.394. The second kappa shape index (κ2) is 12.1. The smallest absolute Gasteiger partial charge is 0.257 e. The number of thioether (sulfide) groups is 1. The van der Waals surface area contributed by atoms with Crippen molar-refractivity contribution >= 4 is 17.7 Å². The monoisotopic (exact) mass is 536 g/mol. The van der Waals surface area contributed by atoms with Crippen LogP contribution in [-0.2, 0) is 6.54 Å². The van der Waals surface area contributed by atoms with Crippen molar-refractivity contribution in [2.45, 2.75) is 44.3 Å². The van der Waals surface area contributed by atoms with Gasteiger partial charge in [-0.15, -0.1) is 0 Å². The van der Waals surface area contributed by atoms with Gasteiger partial charge in [-0.25, -0.2) is 9.37 Å². The maximum absolute atomic E-state index is 14.1. The van der Waals surface area contributed by atoms with Crippen LogP contribution >= 0.6 is 11.8 Å². The number of hydrogen-bond acceptors (Lipinski definition) is 7. The van der Waals surface area contributed by atoms with E-state index in [9.17, 15) is 14.3 Å². The first-order chi connectivity index (χ1) is 18.4. The van der Waals surface area contributed by atoms with Gasteiger partial charge in [0.2, 0.25) is 5.88 Å². The Kier molecular flexibility index (Phi) is 8.46. The predicted molar refractivity (Wildman–Crippen MR) is 148 cm³/mol. The number of pyridine rings is 1. The molecule has 2 aromatic carbocycles. The van der Waals surface area contributed by atoms with Crippen LogP contribution in [-0.4, -0.2) is 57.6 Å². The van der Waals surface area contributed by atoms with Crippen molar-refractivity contribution in [3.05, 3.63) is 71.7 Å². The molecule has 1 saturated carbocycles. The SMILES string of the molecule is NC1CCC(NC(=O)c2cc(F)cnc2Oc2cccc(-c3ccc(O)cc3CN3CCSCC3)c2)CC1. The number of rotatable bonds is 7. The van der Waals surface area contributed by atoms with E-state index in [4.69, 9.17) is 10.5 Å². The van der Waals surface area contributed by atoms with Crippen molar-refractivity contribution in [1.82, 2.24) is 15.2 Å². The number of nitrogens with one attached hydrogen (secondary N) is 1. The minimum absolute atomic E-state index is 0.00633. The van der Waals surface area contributed by atoms with E-state index >= 15 is 0 Å². The van der Waals surface area contributed by atoms with Crippen molar-refractivity contribution < 1.29 is 19.0 Å². The van der Waals surface area contributed by atoms with E-state index in [0.29, 0.717) is 5.75 Å². The molecule has 0 atom stereocenters. The molecular formula is C29H33FN4O3S. The second-order valence-corrected chi connectivity index (χ2v) is 11.2. The Labute approximate surface area is 226 Å². The van der Waals surface area contributed by atoms with Gasteiger partial charge in [0.1, 0.15) is 22.9 Å². The van der Waals surface area contributed by atoms with Crippen molar-refractivity contribution in [1.29, 1.82) is 0 Å². The van der Waals surface area contributed by atoms with Crippen molar-refractivity contribution in [3.8, 4) is 28.5 Å². The molecule has 1 aliphatic carbocycles. The third-order valence-electron chi connectivity index (χ3n) is 7.12. The van der Waals surface area contributed by atoms with Crippen LogP contribution in [0, 0.1) is 5.82 Å². The molecule has 9 heteroatoms. The Morgan fingerprint density at radius 1 is 1.13 bits per heavy atom. The summed E-state index contributed by atoms with van der Waals surface area (Å²) in [6, 6.07) is 14.2. The number of hydrogen-bond donors (Lipinski definition) is 3. The first-order valence-electron chi connectivity index (χ1n) is 13.1. The summed E-state index contributed by atoms with van der Waals surface area (Å²) in [5.41, 5.74) is 8.97. The van der Waals surface area contributed by atoms with Crippen molar-refractivity contribution in [3.63, 3.8) is 0 Å². The number of ether oxygens (including phenoxy) is 1. The molecule has 2 aliphatic rings. The van der Waals surface area contributed by atoms with Gasteiger partial charge < -0.3 is 20.9 Å². The molecule has 1 aliphatic heterocycles. The molecular weight excluding hydrogens is 503 g/mol. The average Bonchev–Trinajstić information content (AvgIpc) is 2.92. The van der Waals surface area contributed by atoms with Crippen LogP contribution in [0.1, 0.15) is 41.6 Å². The number of benzene rings is 2. The first kappa shape index (κ1) is 26.5. The normalized spacial score (nSPS) is 20.2. The number of phenols is 1. The Bertz CT molecular complexity index is 1280. The fourth-order valence-corrected chi connectivity index (χ4v) is 6.01. The summed E-state index contributed by atoms with van der Waals surface area (Å²) in [7, 11) is 0. The zero-order chi connectivity index (χ0) is 26.5. The van der Waals surface area contributed by atoms with Crippen LogP contribution < -0.4 is 15.8 Å². The Morgan fingerprint density at radius 3 is 2.71 bits per heavy atom. The van der Waals surface area contributed by atoms with Crippen LogP contribution in [0.4, 0.5) is 4.39 Å². The van der Waals surface area contributed by atoms with Crippen LogP contribution in [0.15, 0.2) is 54.7 Å². The minimum atomic E-state index is -0.605. The van der Waals surface area contributed by atoms with E-state index in [1.165, 1.54) is 0 Å². The third kappa shape index (κ3) is 6.64. The molecule has 1 amide bonds. The fraction of sp³-hybridized carbons (Fsp3) is 0.379. The van der Waals surface area contributed by atoms with Gasteiger partial charge in [0, 0.05) is 43.2 Å². The number of carbonyl (C=O) groups is 1. The third-order valence-corrected chi connectivity index (χ3v) is 8.06. The van der Waals surface area contributed by atoms with Gasteiger partial charge in [0.15, 0.2) is 0 Å². The molecule has 1 aromatic heterocycles. The van der Waals surface area contributed by atoms with E-state index in [-0.39, 0.29) is 29.3 Å². The van der Waals surface area contributed by atoms with Crippen molar-refractivity contribution in [2.75, 3.05) is 24.6 Å². The summed E-state index contributed by atoms with van der Waals surface area (Å²) in [5, 5.41) is 13.2. The number of aromatic hydroxyl groups is 1. The first-order valence-corrected chi connectivity index (χ1v) is 14.2. The summed E-state index contributed by atoms with van der Waals surface area (Å²) in [4.78, 5) is 19.5. The van der Waals surface area contributed by atoms with Gasteiger partial charge in [-0.3, -0.25) is 9.69 Å². The topological polar surface area (TPSA) is 101 Å². The van der Waals surface area contributed by atoms with E-state index in [1.54, 1.807) is 12.1 Å². The Morgan fingerprint density at radius 2 is 1.92 bits per heavy atom. The molecule has 4 N–H and O–H groups in total. The predicted octanol–water partition coefficient (Wildman–Crippen LogP) is 4.93. The zero-order valence-electron chi connectivity index (χ0n) is 21.2. The van der Waals surface area contributed by atoms with Gasteiger partial charge >= 0.3 is 0 Å². The number of halogens is 1. The van der Waals surface area contributed by atoms with E-state index in [1.807, 2.05) is 42.1 Å². The summed E-state index contributed by atoms with van der Waals surface area (Å²) < 4.78 is 20.1. The van der Waals surface area contributed by atoms with Crippen LogP contribution in [0.2, 0.25) is 0 Å². The molecule has 200 valence electrons. The molecule has 0 radical (unpaired) electrons. The van der Waals surface area contributed by atoms with E-state index < -0.39 is 11.7 Å². The van der Waals surface area contributed by atoms with Gasteiger partial charge in [0.05, 0.1) is 6.20 Å². The number of nitrogens with two attached hydrogens (primary N) is 1. The number of phenolic OH excluding ortho intramolecular Hbond substituents is 1. The van der Waals surface area contributed by atoms with Crippen LogP contribution in [0.3, 0.4) is 0 Å². The lowest BCUT2D eigenvalue weighted by Gasteiger charge is -2.27. The number of carbonyl (C=O) groups excluding carboxylic acids is 1. The lowest BCUT2D eigenvalue weighted by molar-refractivity contribution is 0.0922. The molecule has 0 unspecified atom stereocenters. The maximum atomic E-state index is 14.1. The molecule has 1 saturated heterocycles. The van der Waals surface area contributed by atoms with Crippen molar-refractivity contribution in [2.24, 2.45) is 5.73 Å². The molecule has 0 spiro atoms. The van der Waals surface area contributed by atoms with E-state index in [2.05, 4.69) is 15.2 Å². The van der Waals surface area contributed by atoms with Crippen LogP contribution in [0.25, 0.3) is 11.1 Å². The van der Waals surface area contributed by atoms with Crippen LogP contribution in [0.5, 0.6) is 17.4 Å². The lowest BCUT2D eigenvalue weighted by atomic mass is 9.91. The van der Waals surface area contributed by atoms with Gasteiger partial charge in [-0.1, -0.05) is 18.2 Å². The summed E-state index contributed by atoms with van der Waals surface area (Å²) in [6.07, 6.45) is 4.32. The van der Waals surface area contributed by atoms with E-state index in [0.717, 1.165) is 85.8 Å². The number of nitrogens with zero attached hydrogens (tertiary/aromatic N) is 2. The second-order valence-electron chi connectivity index (χ2n) is 9.95. The van der Waals surface area contributed by atoms with Gasteiger partial charge in [0.25, 0.3) is 5.91 Å². The number of amides is 1. The highest BCUT2D eigenvalue weighted by molar-refractivity contribution is 7.99. The molecule has 2 fully saturated rings. The standard InChI is InChI=1S/C29H33FN4O3S/c30-21-16-27(28(36)33-23-6-4-22(31)5-7-23)29(32-17-21)37-25-3-1-2-19(15-25)26-9-8-24(35)14-20(26)18-34-10-12-38-13-11-34/h1-3,8-9,14-17,22-23,35H,4-7,10-13,18,31H2,(H,33,36). The molecule has 5 rings (SSSR count). The number of aromatic nitrogens is 1. The van der Waals surface area contributed by atoms with Gasteiger partial charge in [-0.05, 0) is 72.7 Å². The highest BCUT2D eigenvalue weighted by Crippen LogP contribution is 2.33. The fourth-order valence-electron chi connectivity index (χ4n) is 5.03. The van der Waals surface area contributed by atoms with Gasteiger partial charge in [-0.2, -0.15) is 11.8 Å². The largest absolute Gasteiger partial charge is 0.508 e.